The highest BCUT2D eigenvalue weighted by molar-refractivity contribution is 9.10. The van der Waals surface area contributed by atoms with Crippen LogP contribution < -0.4 is 0 Å². The molecule has 0 N–H and O–H groups in total. The molecule has 4 aromatic rings. The maximum Gasteiger partial charge on any atom is 0.297 e. The minimum absolute atomic E-state index is 0.230. The number of pyridine rings is 1. The first-order valence-corrected chi connectivity index (χ1v) is 11.9. The van der Waals surface area contributed by atoms with Crippen LogP contribution in [0, 0.1) is 5.82 Å². The fraction of sp³-hybridized carbons (Fsp3) is 0.167. The number of hydroxylamine groups is 2. The second kappa shape index (κ2) is 9.05. The van der Waals surface area contributed by atoms with E-state index < -0.39 is 0 Å². The Hall–Kier alpha value is -2.68. The molecule has 0 fully saturated rings. The van der Waals surface area contributed by atoms with E-state index in [4.69, 9.17) is 4.28 Å². The largest absolute Gasteiger partial charge is 0.341 e. The summed E-state index contributed by atoms with van der Waals surface area (Å²) in [4.78, 5) is 17.5. The van der Waals surface area contributed by atoms with Crippen LogP contribution >= 0.6 is 28.0 Å². The van der Waals surface area contributed by atoms with E-state index in [0.717, 1.165) is 32.1 Å². The molecule has 0 bridgehead atoms. The van der Waals surface area contributed by atoms with Crippen molar-refractivity contribution < 1.29 is 13.5 Å². The van der Waals surface area contributed by atoms with Crippen molar-refractivity contribution in [3.63, 3.8) is 0 Å². The summed E-state index contributed by atoms with van der Waals surface area (Å²) in [5, 5.41) is 2.38. The second-order valence-corrected chi connectivity index (χ2v) is 9.08. The zero-order valence-corrected chi connectivity index (χ0v) is 19.4. The van der Waals surface area contributed by atoms with Gasteiger partial charge in [0.1, 0.15) is 11.5 Å². The summed E-state index contributed by atoms with van der Waals surface area (Å²) in [6.07, 6.45) is 4.36. The maximum absolute atomic E-state index is 13.2. The van der Waals surface area contributed by atoms with Gasteiger partial charge in [-0.05, 0) is 51.2 Å². The summed E-state index contributed by atoms with van der Waals surface area (Å²) < 4.78 is 21.9. The number of fused-ring (bicyclic) bond motifs is 3. The number of halogens is 2. The molecule has 2 aromatic carbocycles. The van der Waals surface area contributed by atoms with Crippen molar-refractivity contribution in [2.24, 2.45) is 0 Å². The summed E-state index contributed by atoms with van der Waals surface area (Å²) in [5.41, 5.74) is 4.39. The maximum atomic E-state index is 13.2. The van der Waals surface area contributed by atoms with Crippen LogP contribution in [-0.4, -0.2) is 27.1 Å². The monoisotopic (exact) mass is 511 g/mol. The first kappa shape index (κ1) is 21.2. The third-order valence-corrected chi connectivity index (χ3v) is 6.79. The van der Waals surface area contributed by atoms with Gasteiger partial charge < -0.3 is 4.57 Å². The van der Waals surface area contributed by atoms with Gasteiger partial charge in [0, 0.05) is 40.4 Å². The summed E-state index contributed by atoms with van der Waals surface area (Å²) in [5.74, 6) is 0.170. The quantitative estimate of drug-likeness (QED) is 0.308. The minimum atomic E-state index is -0.254. The van der Waals surface area contributed by atoms with Gasteiger partial charge in [0.2, 0.25) is 0 Å². The third-order valence-electron chi connectivity index (χ3n) is 5.45. The van der Waals surface area contributed by atoms with Gasteiger partial charge in [-0.15, -0.1) is 0 Å². The van der Waals surface area contributed by atoms with Crippen molar-refractivity contribution >= 4 is 44.8 Å². The summed E-state index contributed by atoms with van der Waals surface area (Å²) in [6, 6.07) is 16.4. The van der Waals surface area contributed by atoms with Gasteiger partial charge in [0.25, 0.3) is 5.91 Å². The van der Waals surface area contributed by atoms with Crippen LogP contribution in [0.25, 0.3) is 10.9 Å². The number of amides is 1. The fourth-order valence-corrected chi connectivity index (χ4v) is 5.22. The molecule has 5 rings (SSSR count). The van der Waals surface area contributed by atoms with Gasteiger partial charge >= 0.3 is 0 Å². The Morgan fingerprint density at radius 3 is 2.66 bits per heavy atom. The highest BCUT2D eigenvalue weighted by Gasteiger charge is 2.30. The molecule has 8 heteroatoms. The average molecular weight is 512 g/mol. The number of hydrogen-bond acceptors (Lipinski definition) is 4. The lowest BCUT2D eigenvalue weighted by atomic mass is 10.0. The van der Waals surface area contributed by atoms with E-state index in [1.807, 2.05) is 36.5 Å². The van der Waals surface area contributed by atoms with Gasteiger partial charge in [-0.1, -0.05) is 42.5 Å². The summed E-state index contributed by atoms with van der Waals surface area (Å²) in [6.45, 7) is 1.05. The number of benzene rings is 2. The van der Waals surface area contributed by atoms with Crippen LogP contribution in [0.4, 0.5) is 4.39 Å². The Balaban J connectivity index is 1.36. The Kier molecular flexibility index (Phi) is 5.99. The molecule has 5 nitrogen and oxygen atoms in total. The standard InChI is InChI=1S/C24H19BrFN3O2S/c25-20-14-28(13-16-6-8-18(26)9-7-16)21-12-27-23-19(22(20)21)10-11-29(24(23)30)31-32-15-17-4-2-1-3-5-17/h1-9,12,14H,10-11,13,15H2. The van der Waals surface area contributed by atoms with Crippen LogP contribution in [0.2, 0.25) is 0 Å². The lowest BCUT2D eigenvalue weighted by molar-refractivity contribution is -0.0203. The number of aromatic nitrogens is 2. The highest BCUT2D eigenvalue weighted by atomic mass is 79.9. The SMILES string of the molecule is O=C1c2ncc3c(c(Br)cn3Cc3ccc(F)cc3)c2CCN1OSCc1ccccc1. The molecule has 1 aliphatic rings. The van der Waals surface area contributed by atoms with Crippen molar-refractivity contribution in [1.29, 1.82) is 0 Å². The van der Waals surface area contributed by atoms with Gasteiger partial charge in [0.05, 0.1) is 18.3 Å². The summed E-state index contributed by atoms with van der Waals surface area (Å²) >= 11 is 4.90. The highest BCUT2D eigenvalue weighted by Crippen LogP contribution is 2.34. The van der Waals surface area contributed by atoms with E-state index in [0.29, 0.717) is 31.0 Å². The van der Waals surface area contributed by atoms with E-state index in [1.165, 1.54) is 29.2 Å². The van der Waals surface area contributed by atoms with Gasteiger partial charge in [0.15, 0.2) is 0 Å². The first-order chi connectivity index (χ1) is 15.6. The molecule has 0 saturated heterocycles. The number of hydrogen-bond donors (Lipinski definition) is 0. The molecule has 0 radical (unpaired) electrons. The average Bonchev–Trinajstić information content (AvgIpc) is 3.13. The zero-order valence-electron chi connectivity index (χ0n) is 17.0. The van der Waals surface area contributed by atoms with Crippen molar-refractivity contribution in [2.45, 2.75) is 18.7 Å². The molecule has 0 aliphatic carbocycles. The van der Waals surface area contributed by atoms with Gasteiger partial charge in [-0.25, -0.2) is 14.4 Å². The molecule has 0 saturated carbocycles. The topological polar surface area (TPSA) is 47.4 Å². The smallest absolute Gasteiger partial charge is 0.297 e. The molecule has 3 heterocycles. The minimum Gasteiger partial charge on any atom is -0.341 e. The van der Waals surface area contributed by atoms with Crippen molar-refractivity contribution in [1.82, 2.24) is 14.6 Å². The number of rotatable bonds is 6. The molecular weight excluding hydrogens is 493 g/mol. The molecule has 162 valence electrons. The van der Waals surface area contributed by atoms with E-state index in [1.54, 1.807) is 18.3 Å². The molecular formula is C24H19BrFN3O2S. The number of carbonyl (C=O) groups is 1. The molecule has 2 aromatic heterocycles. The Labute approximate surface area is 197 Å². The first-order valence-electron chi connectivity index (χ1n) is 10.2. The van der Waals surface area contributed by atoms with E-state index in [-0.39, 0.29) is 11.7 Å². The molecule has 1 aliphatic heterocycles. The summed E-state index contributed by atoms with van der Waals surface area (Å²) in [7, 11) is 0. The van der Waals surface area contributed by atoms with Gasteiger partial charge in [-0.2, -0.15) is 4.28 Å². The van der Waals surface area contributed by atoms with Crippen molar-refractivity contribution in [3.05, 3.63) is 99.7 Å². The normalized spacial score (nSPS) is 13.6. The van der Waals surface area contributed by atoms with Crippen LogP contribution in [0.15, 0.2) is 71.5 Å². The van der Waals surface area contributed by atoms with Crippen LogP contribution in [-0.2, 0) is 23.0 Å². The molecule has 32 heavy (non-hydrogen) atoms. The predicted octanol–water partition coefficient (Wildman–Crippen LogP) is 5.76. The number of nitrogens with zero attached hydrogens (tertiary/aromatic N) is 3. The van der Waals surface area contributed by atoms with Crippen LogP contribution in [0.1, 0.15) is 27.2 Å². The molecule has 0 atom stereocenters. The van der Waals surface area contributed by atoms with Gasteiger partial charge in [-0.3, -0.25) is 4.79 Å². The van der Waals surface area contributed by atoms with Crippen LogP contribution in [0.3, 0.4) is 0 Å². The molecule has 1 amide bonds. The second-order valence-electron chi connectivity index (χ2n) is 7.56. The Bertz CT molecular complexity index is 1280. The third kappa shape index (κ3) is 4.18. The Morgan fingerprint density at radius 1 is 1.09 bits per heavy atom. The molecule has 0 unspecified atom stereocenters. The molecule has 0 spiro atoms. The van der Waals surface area contributed by atoms with E-state index in [2.05, 4.69) is 25.5 Å². The van der Waals surface area contributed by atoms with Crippen molar-refractivity contribution in [2.75, 3.05) is 6.54 Å². The predicted molar refractivity (Wildman–Crippen MR) is 126 cm³/mol. The fourth-order valence-electron chi connectivity index (χ4n) is 3.88. The van der Waals surface area contributed by atoms with Crippen LogP contribution in [0.5, 0.6) is 0 Å². The zero-order chi connectivity index (χ0) is 22.1. The van der Waals surface area contributed by atoms with Crippen molar-refractivity contribution in [3.8, 4) is 0 Å². The number of carbonyl (C=O) groups excluding carboxylic acids is 1. The lowest BCUT2D eigenvalue weighted by Crippen LogP contribution is -2.37. The lowest BCUT2D eigenvalue weighted by Gasteiger charge is -2.26. The van der Waals surface area contributed by atoms with E-state index in [9.17, 15) is 9.18 Å². The Morgan fingerprint density at radius 2 is 1.88 bits per heavy atom. The van der Waals surface area contributed by atoms with E-state index >= 15 is 0 Å².